The van der Waals surface area contributed by atoms with Gasteiger partial charge in [-0.2, -0.15) is 13.2 Å². The molecule has 8 nitrogen and oxygen atoms in total. The van der Waals surface area contributed by atoms with Crippen molar-refractivity contribution in [1.82, 2.24) is 25.6 Å². The summed E-state index contributed by atoms with van der Waals surface area (Å²) in [7, 11) is 0. The molecule has 1 aliphatic rings. The topological polar surface area (TPSA) is 98.3 Å². The van der Waals surface area contributed by atoms with E-state index in [9.17, 15) is 18.0 Å². The van der Waals surface area contributed by atoms with E-state index in [4.69, 9.17) is 9.47 Å². The van der Waals surface area contributed by atoms with Gasteiger partial charge in [-0.15, -0.1) is 11.3 Å². The summed E-state index contributed by atoms with van der Waals surface area (Å²) in [4.78, 5) is 25.4. The highest BCUT2D eigenvalue weighted by atomic mass is 32.1. The van der Waals surface area contributed by atoms with Gasteiger partial charge in [0.1, 0.15) is 23.5 Å². The standard InChI is InChI=1S/C24H26F3N5O3S/c1-3-20-12-29-22(36-20)16-6-15(7-18(8-16)35-13-19-11-28-4-5-34-19)21(33)32-14(2)17-9-30-23(31-10-17)24(25,26)27/h6-10,12,14,19,28H,3-5,11,13H2,1-2H3,(H,32,33)/t14-,19-/m1/s1. The van der Waals surface area contributed by atoms with Crippen molar-refractivity contribution in [2.75, 3.05) is 26.3 Å². The summed E-state index contributed by atoms with van der Waals surface area (Å²) in [6, 6.07) is 4.55. The molecule has 0 spiro atoms. The number of morpholine rings is 1. The first-order chi connectivity index (χ1) is 17.2. The highest BCUT2D eigenvalue weighted by Gasteiger charge is 2.34. The number of carbonyl (C=O) groups is 1. The average molecular weight is 522 g/mol. The van der Waals surface area contributed by atoms with E-state index in [1.165, 1.54) is 11.3 Å². The van der Waals surface area contributed by atoms with Gasteiger partial charge in [-0.1, -0.05) is 6.92 Å². The van der Waals surface area contributed by atoms with Crippen molar-refractivity contribution in [2.45, 2.75) is 38.6 Å². The van der Waals surface area contributed by atoms with Crippen molar-refractivity contribution in [3.05, 3.63) is 58.6 Å². The highest BCUT2D eigenvalue weighted by molar-refractivity contribution is 7.15. The van der Waals surface area contributed by atoms with Crippen molar-refractivity contribution < 1.29 is 27.4 Å². The summed E-state index contributed by atoms with van der Waals surface area (Å²) in [5.74, 6) is -1.16. The van der Waals surface area contributed by atoms with E-state index in [0.29, 0.717) is 36.6 Å². The van der Waals surface area contributed by atoms with Crippen LogP contribution in [0, 0.1) is 0 Å². The third kappa shape index (κ3) is 6.56. The largest absolute Gasteiger partial charge is 0.491 e. The second kappa shape index (κ2) is 11.3. The molecular weight excluding hydrogens is 495 g/mol. The first kappa shape index (κ1) is 26.0. The molecule has 1 aromatic carbocycles. The summed E-state index contributed by atoms with van der Waals surface area (Å²) in [5.41, 5.74) is 1.41. The molecule has 1 fully saturated rings. The Morgan fingerprint density at radius 1 is 1.25 bits per heavy atom. The molecule has 0 saturated carbocycles. The summed E-state index contributed by atoms with van der Waals surface area (Å²) in [6.45, 7) is 6.07. The average Bonchev–Trinajstić information content (AvgIpc) is 3.37. The third-order valence-corrected chi connectivity index (χ3v) is 6.72. The number of hydrogen-bond acceptors (Lipinski definition) is 8. The van der Waals surface area contributed by atoms with Gasteiger partial charge < -0.3 is 20.1 Å². The number of thiazole rings is 1. The van der Waals surface area contributed by atoms with Crippen LogP contribution in [0.4, 0.5) is 13.2 Å². The van der Waals surface area contributed by atoms with Crippen LogP contribution < -0.4 is 15.4 Å². The summed E-state index contributed by atoms with van der Waals surface area (Å²) < 4.78 is 49.9. The number of halogens is 3. The van der Waals surface area contributed by atoms with Gasteiger partial charge in [0.2, 0.25) is 5.82 Å². The molecule has 2 aromatic heterocycles. The Kier molecular flexibility index (Phi) is 8.17. The molecular formula is C24H26F3N5O3S. The molecule has 1 aliphatic heterocycles. The van der Waals surface area contributed by atoms with E-state index in [-0.39, 0.29) is 6.10 Å². The van der Waals surface area contributed by atoms with Crippen molar-refractivity contribution in [3.63, 3.8) is 0 Å². The lowest BCUT2D eigenvalue weighted by Crippen LogP contribution is -2.41. The van der Waals surface area contributed by atoms with Gasteiger partial charge >= 0.3 is 6.18 Å². The molecule has 36 heavy (non-hydrogen) atoms. The molecule has 1 saturated heterocycles. The number of nitrogens with one attached hydrogen (secondary N) is 2. The van der Waals surface area contributed by atoms with Crippen LogP contribution in [0.1, 0.15) is 46.5 Å². The van der Waals surface area contributed by atoms with E-state index in [1.54, 1.807) is 19.1 Å². The molecule has 0 bridgehead atoms. The highest BCUT2D eigenvalue weighted by Crippen LogP contribution is 2.31. The quantitative estimate of drug-likeness (QED) is 0.462. The van der Waals surface area contributed by atoms with E-state index < -0.39 is 23.9 Å². The zero-order valence-electron chi connectivity index (χ0n) is 19.8. The second-order valence-corrected chi connectivity index (χ2v) is 9.39. The smallest absolute Gasteiger partial charge is 0.451 e. The van der Waals surface area contributed by atoms with E-state index in [2.05, 4.69) is 25.6 Å². The molecule has 2 atom stereocenters. The predicted molar refractivity (Wildman–Crippen MR) is 128 cm³/mol. The Labute approximate surface area is 210 Å². The first-order valence-electron chi connectivity index (χ1n) is 11.5. The van der Waals surface area contributed by atoms with Crippen molar-refractivity contribution in [3.8, 4) is 16.3 Å². The Balaban J connectivity index is 1.53. The van der Waals surface area contributed by atoms with Crippen LogP contribution in [0.2, 0.25) is 0 Å². The fourth-order valence-corrected chi connectivity index (χ4v) is 4.37. The van der Waals surface area contributed by atoms with Crippen LogP contribution in [0.5, 0.6) is 5.75 Å². The van der Waals surface area contributed by atoms with Gasteiger partial charge in [0, 0.05) is 53.2 Å². The second-order valence-electron chi connectivity index (χ2n) is 8.27. The fourth-order valence-electron chi connectivity index (χ4n) is 3.53. The minimum Gasteiger partial charge on any atom is -0.491 e. The Morgan fingerprint density at radius 3 is 2.67 bits per heavy atom. The number of ether oxygens (including phenoxy) is 2. The minimum atomic E-state index is -4.63. The van der Waals surface area contributed by atoms with Gasteiger partial charge in [-0.05, 0) is 31.5 Å². The van der Waals surface area contributed by atoms with Crippen LogP contribution >= 0.6 is 11.3 Å². The van der Waals surface area contributed by atoms with Crippen LogP contribution in [0.25, 0.3) is 10.6 Å². The number of nitrogens with zero attached hydrogens (tertiary/aromatic N) is 3. The monoisotopic (exact) mass is 521 g/mol. The molecule has 0 radical (unpaired) electrons. The normalized spacial score (nSPS) is 17.0. The maximum atomic E-state index is 13.1. The fraction of sp³-hybridized carbons (Fsp3) is 0.417. The Bertz CT molecular complexity index is 1180. The van der Waals surface area contributed by atoms with Gasteiger partial charge in [0.05, 0.1) is 12.6 Å². The number of carbonyl (C=O) groups excluding carboxylic acids is 1. The van der Waals surface area contributed by atoms with Crippen LogP contribution in [0.15, 0.2) is 36.8 Å². The van der Waals surface area contributed by atoms with Crippen LogP contribution in [-0.4, -0.2) is 53.3 Å². The lowest BCUT2D eigenvalue weighted by molar-refractivity contribution is -0.145. The summed E-state index contributed by atoms with van der Waals surface area (Å²) in [6.07, 6.45) is 0.0403. The molecule has 1 amide bonds. The van der Waals surface area contributed by atoms with Gasteiger partial charge in [0.25, 0.3) is 5.91 Å². The molecule has 192 valence electrons. The number of amides is 1. The van der Waals surface area contributed by atoms with Crippen LogP contribution in [0.3, 0.4) is 0 Å². The number of hydrogen-bond donors (Lipinski definition) is 2. The maximum absolute atomic E-state index is 13.1. The van der Waals surface area contributed by atoms with Gasteiger partial charge in [-0.3, -0.25) is 4.79 Å². The number of aryl methyl sites for hydroxylation is 1. The van der Waals surface area contributed by atoms with E-state index in [1.807, 2.05) is 19.2 Å². The Morgan fingerprint density at radius 2 is 2.03 bits per heavy atom. The van der Waals surface area contributed by atoms with Crippen molar-refractivity contribution in [2.24, 2.45) is 0 Å². The summed E-state index contributed by atoms with van der Waals surface area (Å²) in [5, 5.41) is 6.79. The molecule has 3 heterocycles. The molecule has 12 heteroatoms. The van der Waals surface area contributed by atoms with Crippen molar-refractivity contribution in [1.29, 1.82) is 0 Å². The van der Waals surface area contributed by atoms with Crippen molar-refractivity contribution >= 4 is 17.2 Å². The number of aromatic nitrogens is 3. The number of alkyl halides is 3. The molecule has 2 N–H and O–H groups in total. The zero-order chi connectivity index (χ0) is 25.7. The zero-order valence-corrected chi connectivity index (χ0v) is 20.6. The summed E-state index contributed by atoms with van der Waals surface area (Å²) >= 11 is 1.53. The predicted octanol–water partition coefficient (Wildman–Crippen LogP) is 4.04. The molecule has 3 aromatic rings. The van der Waals surface area contributed by atoms with Crippen LogP contribution in [-0.2, 0) is 17.3 Å². The van der Waals surface area contributed by atoms with Gasteiger partial charge in [0.15, 0.2) is 0 Å². The number of benzene rings is 1. The van der Waals surface area contributed by atoms with E-state index in [0.717, 1.165) is 40.8 Å². The molecule has 4 rings (SSSR count). The SMILES string of the molecule is CCc1cnc(-c2cc(OC[C@H]3CNCCO3)cc(C(=O)N[C@H](C)c3cnc(C(F)(F)F)nc3)c2)s1. The molecule has 0 aliphatic carbocycles. The lowest BCUT2D eigenvalue weighted by Gasteiger charge is -2.23. The Hall–Kier alpha value is -3.09. The number of rotatable bonds is 8. The first-order valence-corrected chi connectivity index (χ1v) is 12.3. The van der Waals surface area contributed by atoms with Gasteiger partial charge in [-0.25, -0.2) is 15.0 Å². The molecule has 0 unspecified atom stereocenters. The van der Waals surface area contributed by atoms with E-state index >= 15 is 0 Å². The maximum Gasteiger partial charge on any atom is 0.451 e. The lowest BCUT2D eigenvalue weighted by atomic mass is 10.1. The third-order valence-electron chi connectivity index (χ3n) is 5.53. The minimum absolute atomic E-state index is 0.106.